The Morgan fingerprint density at radius 2 is 1.68 bits per heavy atom. The van der Waals surface area contributed by atoms with Gasteiger partial charge in [0.2, 0.25) is 10.0 Å². The van der Waals surface area contributed by atoms with Crippen LogP contribution in [0.25, 0.3) is 0 Å². The molecule has 0 saturated heterocycles. The van der Waals surface area contributed by atoms with E-state index in [2.05, 4.69) is 11.4 Å². The van der Waals surface area contributed by atoms with Crippen LogP contribution in [0.4, 0.5) is 4.79 Å². The molecule has 0 radical (unpaired) electrons. The second-order valence-electron chi connectivity index (χ2n) is 10.2. The summed E-state index contributed by atoms with van der Waals surface area (Å²) in [5, 5.41) is 23.0. The smallest absolute Gasteiger partial charge is 0.407 e. The van der Waals surface area contributed by atoms with Crippen LogP contribution in [0.2, 0.25) is 0 Å². The Bertz CT molecular complexity index is 1170. The Labute approximate surface area is 220 Å². The van der Waals surface area contributed by atoms with Crippen LogP contribution in [0.1, 0.15) is 45.7 Å². The van der Waals surface area contributed by atoms with Gasteiger partial charge in [-0.25, -0.2) is 13.2 Å². The first-order valence-electron chi connectivity index (χ1n) is 12.1. The summed E-state index contributed by atoms with van der Waals surface area (Å²) in [6.45, 7) is 8.87. The summed E-state index contributed by atoms with van der Waals surface area (Å²) in [7, 11) is -2.45. The van der Waals surface area contributed by atoms with Gasteiger partial charge in [0.05, 0.1) is 35.8 Å². The largest absolute Gasteiger partial charge is 0.497 e. The number of aliphatic hydroxyl groups is 1. The van der Waals surface area contributed by atoms with Crippen LogP contribution in [0.3, 0.4) is 0 Å². The average Bonchev–Trinajstić information content (AvgIpc) is 2.82. The molecule has 202 valence electrons. The summed E-state index contributed by atoms with van der Waals surface area (Å²) in [5.74, 6) is 0.509. The van der Waals surface area contributed by atoms with E-state index in [-0.39, 0.29) is 30.3 Å². The van der Waals surface area contributed by atoms with Crippen LogP contribution < -0.4 is 10.1 Å². The first-order valence-corrected chi connectivity index (χ1v) is 13.5. The summed E-state index contributed by atoms with van der Waals surface area (Å²) in [4.78, 5) is 12.6. The molecule has 2 N–H and O–H groups in total. The summed E-state index contributed by atoms with van der Waals surface area (Å²) in [6.07, 6.45) is -1.78. The molecule has 37 heavy (non-hydrogen) atoms. The number of alkyl carbamates (subject to hydrolysis) is 1. The van der Waals surface area contributed by atoms with E-state index in [1.165, 1.54) is 23.5 Å². The van der Waals surface area contributed by atoms with E-state index >= 15 is 0 Å². The highest BCUT2D eigenvalue weighted by Gasteiger charge is 2.32. The molecule has 2 rings (SSSR count). The maximum atomic E-state index is 13.5. The Hall–Kier alpha value is -3.13. The van der Waals surface area contributed by atoms with Gasteiger partial charge in [-0.15, -0.1) is 0 Å². The lowest BCUT2D eigenvalue weighted by atomic mass is 10.00. The monoisotopic (exact) mass is 531 g/mol. The number of nitriles is 1. The van der Waals surface area contributed by atoms with Crippen LogP contribution in [0, 0.1) is 17.2 Å². The van der Waals surface area contributed by atoms with E-state index in [0.29, 0.717) is 11.3 Å². The van der Waals surface area contributed by atoms with Crippen LogP contribution in [-0.4, -0.2) is 61.9 Å². The van der Waals surface area contributed by atoms with Crippen molar-refractivity contribution in [2.75, 3.05) is 20.2 Å². The Balaban J connectivity index is 2.34. The number of benzene rings is 2. The highest BCUT2D eigenvalue weighted by atomic mass is 32.2. The molecule has 0 aliphatic carbocycles. The molecule has 0 aromatic heterocycles. The van der Waals surface area contributed by atoms with Crippen LogP contribution >= 0.6 is 0 Å². The van der Waals surface area contributed by atoms with Gasteiger partial charge in [-0.1, -0.05) is 26.0 Å². The second kappa shape index (κ2) is 12.9. The number of carbonyl (C=O) groups excluding carboxylic acids is 1. The molecule has 0 saturated carbocycles. The van der Waals surface area contributed by atoms with E-state index in [0.717, 1.165) is 5.56 Å². The number of amides is 1. The Morgan fingerprint density at radius 1 is 1.08 bits per heavy atom. The van der Waals surface area contributed by atoms with Crippen molar-refractivity contribution in [3.8, 4) is 11.8 Å². The molecule has 9 nitrogen and oxygen atoms in total. The third kappa shape index (κ3) is 9.35. The minimum Gasteiger partial charge on any atom is -0.497 e. The quantitative estimate of drug-likeness (QED) is 0.452. The number of nitrogens with zero attached hydrogens (tertiary/aromatic N) is 2. The maximum Gasteiger partial charge on any atom is 0.407 e. The fraction of sp³-hybridized carbons (Fsp3) is 0.481. The van der Waals surface area contributed by atoms with Crippen molar-refractivity contribution >= 4 is 16.1 Å². The zero-order valence-electron chi connectivity index (χ0n) is 22.3. The van der Waals surface area contributed by atoms with E-state index in [1.54, 1.807) is 57.2 Å². The van der Waals surface area contributed by atoms with Gasteiger partial charge in [0.1, 0.15) is 11.4 Å². The number of hydrogen-bond donors (Lipinski definition) is 2. The zero-order chi connectivity index (χ0) is 27.8. The van der Waals surface area contributed by atoms with Crippen LogP contribution in [0.15, 0.2) is 53.4 Å². The van der Waals surface area contributed by atoms with E-state index in [9.17, 15) is 18.3 Å². The third-order valence-corrected chi connectivity index (χ3v) is 7.21. The van der Waals surface area contributed by atoms with Gasteiger partial charge in [-0.3, -0.25) is 0 Å². The van der Waals surface area contributed by atoms with E-state index in [4.69, 9.17) is 14.7 Å². The lowest BCUT2D eigenvalue weighted by Crippen LogP contribution is -2.51. The fourth-order valence-electron chi connectivity index (χ4n) is 3.62. The molecule has 0 aliphatic heterocycles. The second-order valence-corrected chi connectivity index (χ2v) is 12.2. The topological polar surface area (TPSA) is 129 Å². The highest BCUT2D eigenvalue weighted by Crippen LogP contribution is 2.22. The van der Waals surface area contributed by atoms with E-state index in [1.807, 2.05) is 13.8 Å². The van der Waals surface area contributed by atoms with Gasteiger partial charge in [-0.2, -0.15) is 9.57 Å². The molecule has 2 aromatic rings. The van der Waals surface area contributed by atoms with Gasteiger partial charge in [0.25, 0.3) is 0 Å². The Morgan fingerprint density at radius 3 is 2.16 bits per heavy atom. The van der Waals surface area contributed by atoms with Crippen LogP contribution in [-0.2, 0) is 21.2 Å². The van der Waals surface area contributed by atoms with Crippen molar-refractivity contribution in [1.82, 2.24) is 9.62 Å². The first-order chi connectivity index (χ1) is 17.2. The van der Waals surface area contributed by atoms with Crippen molar-refractivity contribution in [2.45, 2.75) is 63.7 Å². The predicted molar refractivity (Wildman–Crippen MR) is 141 cm³/mol. The molecule has 0 aliphatic rings. The van der Waals surface area contributed by atoms with Crippen molar-refractivity contribution in [3.63, 3.8) is 0 Å². The van der Waals surface area contributed by atoms with Gasteiger partial charge >= 0.3 is 6.09 Å². The first kappa shape index (κ1) is 30.1. The predicted octanol–water partition coefficient (Wildman–Crippen LogP) is 3.71. The standard InChI is InChI=1S/C27H37N3O6S/c1-19(2)17-30(37(33,34)23-13-11-22(35-6)12-14-23)18-25(31)24(29-26(32)36-27(3,4)5)15-20-7-9-21(16-28)10-8-20/h7-14,19,24-25,31H,15,17-18H2,1-6H3,(H,29,32)/t24?,25-/m1/s1. The molecule has 2 atom stereocenters. The summed E-state index contributed by atoms with van der Waals surface area (Å²) in [6, 6.07) is 14.0. The minimum absolute atomic E-state index is 0.0176. The zero-order valence-corrected chi connectivity index (χ0v) is 23.1. The number of hydrogen-bond acceptors (Lipinski definition) is 7. The molecule has 2 aromatic carbocycles. The van der Waals surface area contributed by atoms with Crippen molar-refractivity contribution in [1.29, 1.82) is 5.26 Å². The fourth-order valence-corrected chi connectivity index (χ4v) is 5.24. The molecule has 0 spiro atoms. The van der Waals surface area contributed by atoms with Gasteiger partial charge < -0.3 is 19.9 Å². The normalized spacial score (nSPS) is 13.6. The van der Waals surface area contributed by atoms with Crippen molar-refractivity contribution < 1.29 is 27.8 Å². The summed E-state index contributed by atoms with van der Waals surface area (Å²) in [5.41, 5.74) is 0.484. The van der Waals surface area contributed by atoms with Crippen molar-refractivity contribution in [2.24, 2.45) is 5.92 Å². The number of ether oxygens (including phenoxy) is 2. The maximum absolute atomic E-state index is 13.5. The SMILES string of the molecule is COc1ccc(S(=O)(=O)N(CC(C)C)C[C@@H](O)C(Cc2ccc(C#N)cc2)NC(=O)OC(C)(C)C)cc1. The molecule has 10 heteroatoms. The van der Waals surface area contributed by atoms with Gasteiger partial charge in [-0.05, 0) is 75.1 Å². The summed E-state index contributed by atoms with van der Waals surface area (Å²) < 4.78 is 38.7. The lowest BCUT2D eigenvalue weighted by Gasteiger charge is -2.31. The number of methoxy groups -OCH3 is 1. The summed E-state index contributed by atoms with van der Waals surface area (Å²) >= 11 is 0. The number of aliphatic hydroxyl groups excluding tert-OH is 1. The average molecular weight is 532 g/mol. The van der Waals surface area contributed by atoms with Gasteiger partial charge in [0.15, 0.2) is 0 Å². The molecule has 1 amide bonds. The minimum atomic E-state index is -3.95. The number of carbonyl (C=O) groups is 1. The molecule has 0 heterocycles. The number of nitrogens with one attached hydrogen (secondary N) is 1. The molecular weight excluding hydrogens is 494 g/mol. The van der Waals surface area contributed by atoms with E-state index < -0.39 is 33.9 Å². The number of sulfonamides is 1. The Kier molecular flexibility index (Phi) is 10.5. The van der Waals surface area contributed by atoms with Gasteiger partial charge in [0, 0.05) is 13.1 Å². The van der Waals surface area contributed by atoms with Crippen LogP contribution in [0.5, 0.6) is 5.75 Å². The highest BCUT2D eigenvalue weighted by molar-refractivity contribution is 7.89. The molecule has 1 unspecified atom stereocenters. The third-order valence-electron chi connectivity index (χ3n) is 5.36. The number of rotatable bonds is 11. The molecular formula is C27H37N3O6S. The molecule has 0 bridgehead atoms. The lowest BCUT2D eigenvalue weighted by molar-refractivity contribution is 0.0400. The van der Waals surface area contributed by atoms with Crippen molar-refractivity contribution in [3.05, 3.63) is 59.7 Å². The molecule has 0 fully saturated rings.